The summed E-state index contributed by atoms with van der Waals surface area (Å²) < 4.78 is 5.11. The maximum Gasteiger partial charge on any atom is 0.240 e. The standard InChI is InChI=1S/C19H19N3O2/c1-24-16-9-6-14(7-10-16)8-11-19(23)22-21-13-15-12-20-18-5-3-2-4-17(15)18/h2-7,9-10,12-13,20H,8,11H2,1H3,(H,22,23)/b21-13-. The third kappa shape index (κ3) is 3.81. The molecule has 0 atom stereocenters. The van der Waals surface area contributed by atoms with Crippen LogP contribution in [0.2, 0.25) is 0 Å². The highest BCUT2D eigenvalue weighted by Gasteiger charge is 2.03. The first kappa shape index (κ1) is 15.8. The van der Waals surface area contributed by atoms with Crippen LogP contribution < -0.4 is 10.2 Å². The maximum absolute atomic E-state index is 11.9. The van der Waals surface area contributed by atoms with Gasteiger partial charge in [0.25, 0.3) is 0 Å². The minimum Gasteiger partial charge on any atom is -0.497 e. The van der Waals surface area contributed by atoms with Crippen molar-refractivity contribution in [3.8, 4) is 5.75 Å². The van der Waals surface area contributed by atoms with Gasteiger partial charge in [-0.1, -0.05) is 30.3 Å². The minimum absolute atomic E-state index is 0.109. The van der Waals surface area contributed by atoms with Crippen LogP contribution in [0.5, 0.6) is 5.75 Å². The van der Waals surface area contributed by atoms with Gasteiger partial charge < -0.3 is 9.72 Å². The van der Waals surface area contributed by atoms with E-state index in [1.54, 1.807) is 13.3 Å². The molecule has 0 saturated heterocycles. The molecule has 1 amide bonds. The predicted octanol–water partition coefficient (Wildman–Crippen LogP) is 3.26. The molecule has 0 radical (unpaired) electrons. The lowest BCUT2D eigenvalue weighted by Gasteiger charge is -2.03. The molecule has 1 aromatic heterocycles. The summed E-state index contributed by atoms with van der Waals surface area (Å²) in [4.78, 5) is 15.0. The van der Waals surface area contributed by atoms with Crippen LogP contribution in [0.4, 0.5) is 0 Å². The molecule has 5 heteroatoms. The second-order valence-corrected chi connectivity index (χ2v) is 5.43. The lowest BCUT2D eigenvalue weighted by Crippen LogP contribution is -2.17. The number of ether oxygens (including phenoxy) is 1. The molecule has 0 spiro atoms. The molecule has 0 aliphatic rings. The zero-order valence-electron chi connectivity index (χ0n) is 13.5. The van der Waals surface area contributed by atoms with E-state index in [1.807, 2.05) is 54.7 Å². The quantitative estimate of drug-likeness (QED) is 0.540. The first-order valence-electron chi connectivity index (χ1n) is 7.77. The first-order chi connectivity index (χ1) is 11.8. The second kappa shape index (κ2) is 7.46. The number of benzene rings is 2. The van der Waals surface area contributed by atoms with Crippen molar-refractivity contribution < 1.29 is 9.53 Å². The number of carbonyl (C=O) groups excluding carboxylic acids is 1. The number of nitrogens with one attached hydrogen (secondary N) is 2. The van der Waals surface area contributed by atoms with E-state index in [0.717, 1.165) is 27.8 Å². The zero-order chi connectivity index (χ0) is 16.8. The van der Waals surface area contributed by atoms with Gasteiger partial charge in [0, 0.05) is 29.1 Å². The van der Waals surface area contributed by atoms with E-state index in [4.69, 9.17) is 4.74 Å². The molecule has 5 nitrogen and oxygen atoms in total. The van der Waals surface area contributed by atoms with Gasteiger partial charge in [0.2, 0.25) is 5.91 Å². The van der Waals surface area contributed by atoms with Crippen molar-refractivity contribution in [2.75, 3.05) is 7.11 Å². The number of carbonyl (C=O) groups is 1. The summed E-state index contributed by atoms with van der Waals surface area (Å²) in [6.07, 6.45) is 4.58. The number of aryl methyl sites for hydroxylation is 1. The Balaban J connectivity index is 1.51. The average molecular weight is 321 g/mol. The van der Waals surface area contributed by atoms with Crippen LogP contribution in [-0.2, 0) is 11.2 Å². The number of hydrogen-bond acceptors (Lipinski definition) is 3. The van der Waals surface area contributed by atoms with E-state index in [2.05, 4.69) is 15.5 Å². The Kier molecular flexibility index (Phi) is 4.91. The predicted molar refractivity (Wildman–Crippen MR) is 95.4 cm³/mol. The number of aromatic amines is 1. The van der Waals surface area contributed by atoms with Crippen LogP contribution in [0, 0.1) is 0 Å². The van der Waals surface area contributed by atoms with Crippen molar-refractivity contribution in [1.29, 1.82) is 0 Å². The van der Waals surface area contributed by atoms with E-state index in [-0.39, 0.29) is 5.91 Å². The van der Waals surface area contributed by atoms with Gasteiger partial charge >= 0.3 is 0 Å². The molecule has 1 heterocycles. The van der Waals surface area contributed by atoms with Gasteiger partial charge in [-0.25, -0.2) is 5.43 Å². The number of amides is 1. The number of para-hydroxylation sites is 1. The first-order valence-corrected chi connectivity index (χ1v) is 7.77. The number of aromatic nitrogens is 1. The molecule has 0 aliphatic carbocycles. The molecule has 0 aliphatic heterocycles. The van der Waals surface area contributed by atoms with Crippen molar-refractivity contribution in [2.45, 2.75) is 12.8 Å². The van der Waals surface area contributed by atoms with Gasteiger partial charge in [0.05, 0.1) is 13.3 Å². The van der Waals surface area contributed by atoms with Crippen LogP contribution in [0.25, 0.3) is 10.9 Å². The SMILES string of the molecule is COc1ccc(CCC(=O)N/N=C\c2c[nH]c3ccccc23)cc1. The maximum atomic E-state index is 11.9. The Morgan fingerprint density at radius 3 is 2.79 bits per heavy atom. The Morgan fingerprint density at radius 2 is 2.00 bits per heavy atom. The van der Waals surface area contributed by atoms with E-state index in [9.17, 15) is 4.79 Å². The minimum atomic E-state index is -0.109. The van der Waals surface area contributed by atoms with E-state index < -0.39 is 0 Å². The van der Waals surface area contributed by atoms with Crippen molar-refractivity contribution in [1.82, 2.24) is 10.4 Å². The van der Waals surface area contributed by atoms with Gasteiger partial charge in [0.15, 0.2) is 0 Å². The number of hydrazone groups is 1. The average Bonchev–Trinajstić information content (AvgIpc) is 3.04. The van der Waals surface area contributed by atoms with Crippen molar-refractivity contribution in [3.05, 3.63) is 65.9 Å². The summed E-state index contributed by atoms with van der Waals surface area (Å²) in [6, 6.07) is 15.7. The van der Waals surface area contributed by atoms with Crippen molar-refractivity contribution in [2.24, 2.45) is 5.10 Å². The van der Waals surface area contributed by atoms with Crippen LogP contribution in [-0.4, -0.2) is 24.2 Å². The largest absolute Gasteiger partial charge is 0.497 e. The zero-order valence-corrected chi connectivity index (χ0v) is 13.5. The smallest absolute Gasteiger partial charge is 0.240 e. The summed E-state index contributed by atoms with van der Waals surface area (Å²) in [5, 5.41) is 5.12. The molecule has 2 N–H and O–H groups in total. The number of hydrogen-bond donors (Lipinski definition) is 2. The molecule has 3 aromatic rings. The fourth-order valence-electron chi connectivity index (χ4n) is 2.48. The molecule has 0 bridgehead atoms. The third-order valence-corrected chi connectivity index (χ3v) is 3.81. The van der Waals surface area contributed by atoms with Gasteiger partial charge in [-0.3, -0.25) is 4.79 Å². The van der Waals surface area contributed by atoms with Crippen molar-refractivity contribution >= 4 is 23.0 Å². The normalized spacial score (nSPS) is 11.0. The van der Waals surface area contributed by atoms with Crippen LogP contribution in [0.15, 0.2) is 59.8 Å². The van der Waals surface area contributed by atoms with Gasteiger partial charge in [-0.2, -0.15) is 5.10 Å². The Bertz CT molecular complexity index is 850. The molecule has 2 aromatic carbocycles. The second-order valence-electron chi connectivity index (χ2n) is 5.43. The molecule has 0 unspecified atom stereocenters. The highest BCUT2D eigenvalue weighted by Crippen LogP contribution is 2.15. The summed E-state index contributed by atoms with van der Waals surface area (Å²) in [5.41, 5.74) is 5.65. The Labute approximate surface area is 140 Å². The number of methoxy groups -OCH3 is 1. The lowest BCUT2D eigenvalue weighted by molar-refractivity contribution is -0.121. The third-order valence-electron chi connectivity index (χ3n) is 3.81. The van der Waals surface area contributed by atoms with Gasteiger partial charge in [-0.05, 0) is 30.2 Å². The summed E-state index contributed by atoms with van der Waals surface area (Å²) in [6.45, 7) is 0. The number of fused-ring (bicyclic) bond motifs is 1. The van der Waals surface area contributed by atoms with E-state index in [0.29, 0.717) is 12.8 Å². The summed E-state index contributed by atoms with van der Waals surface area (Å²) >= 11 is 0. The monoisotopic (exact) mass is 321 g/mol. The number of H-pyrrole nitrogens is 1. The molecule has 3 rings (SSSR count). The molecular formula is C19H19N3O2. The summed E-state index contributed by atoms with van der Waals surface area (Å²) in [7, 11) is 1.63. The highest BCUT2D eigenvalue weighted by atomic mass is 16.5. The van der Waals surface area contributed by atoms with Gasteiger partial charge in [-0.15, -0.1) is 0 Å². The van der Waals surface area contributed by atoms with E-state index >= 15 is 0 Å². The molecule has 0 fully saturated rings. The molecule has 24 heavy (non-hydrogen) atoms. The fourth-order valence-corrected chi connectivity index (χ4v) is 2.48. The number of rotatable bonds is 6. The Hall–Kier alpha value is -3.08. The van der Waals surface area contributed by atoms with Gasteiger partial charge in [0.1, 0.15) is 5.75 Å². The fraction of sp³-hybridized carbons (Fsp3) is 0.158. The van der Waals surface area contributed by atoms with Crippen molar-refractivity contribution in [3.63, 3.8) is 0 Å². The van der Waals surface area contributed by atoms with Crippen LogP contribution in [0.3, 0.4) is 0 Å². The lowest BCUT2D eigenvalue weighted by atomic mass is 10.1. The highest BCUT2D eigenvalue weighted by molar-refractivity contribution is 5.99. The van der Waals surface area contributed by atoms with Crippen LogP contribution in [0.1, 0.15) is 17.5 Å². The Morgan fingerprint density at radius 1 is 1.21 bits per heavy atom. The topological polar surface area (TPSA) is 66.5 Å². The summed E-state index contributed by atoms with van der Waals surface area (Å²) in [5.74, 6) is 0.702. The van der Waals surface area contributed by atoms with Crippen LogP contribution >= 0.6 is 0 Å². The van der Waals surface area contributed by atoms with E-state index in [1.165, 1.54) is 0 Å². The number of nitrogens with zero attached hydrogens (tertiary/aromatic N) is 1. The molecular weight excluding hydrogens is 302 g/mol. The molecule has 0 saturated carbocycles. The molecule has 122 valence electrons.